The molecule has 1 N–H and O–H groups in total. The summed E-state index contributed by atoms with van der Waals surface area (Å²) in [5, 5.41) is 3.07. The minimum atomic E-state index is -0.379. The van der Waals surface area contributed by atoms with Gasteiger partial charge in [0.25, 0.3) is 0 Å². The number of nitrogens with one attached hydrogen (secondary N) is 1. The molecule has 0 bridgehead atoms. The zero-order valence-electron chi connectivity index (χ0n) is 15.0. The van der Waals surface area contributed by atoms with E-state index in [1.807, 2.05) is 43.9 Å². The standard InChI is InChI=1S/C20H28N2O2/c1-20(2,3)19(24)22-12-11-15-13-16(9-10-17(15)22)21-18(23)14-7-5-4-6-8-14/h9-10,13-14H,4-8,11-12H2,1-3H3,(H,21,23). The van der Waals surface area contributed by atoms with Gasteiger partial charge in [-0.2, -0.15) is 0 Å². The third kappa shape index (κ3) is 3.47. The lowest BCUT2D eigenvalue weighted by atomic mass is 9.88. The molecule has 1 aliphatic heterocycles. The topological polar surface area (TPSA) is 49.4 Å². The molecule has 0 spiro atoms. The summed E-state index contributed by atoms with van der Waals surface area (Å²) in [6.45, 7) is 6.58. The number of anilines is 2. The second-order valence-electron chi connectivity index (χ2n) is 8.12. The van der Waals surface area contributed by atoms with Gasteiger partial charge in [0.1, 0.15) is 0 Å². The molecule has 1 heterocycles. The molecular weight excluding hydrogens is 300 g/mol. The van der Waals surface area contributed by atoms with Crippen molar-refractivity contribution in [2.24, 2.45) is 11.3 Å². The molecular formula is C20H28N2O2. The first-order valence-electron chi connectivity index (χ1n) is 9.12. The monoisotopic (exact) mass is 328 g/mol. The summed E-state index contributed by atoms with van der Waals surface area (Å²) >= 11 is 0. The van der Waals surface area contributed by atoms with Gasteiger partial charge in [0.05, 0.1) is 0 Å². The quantitative estimate of drug-likeness (QED) is 0.887. The fraction of sp³-hybridized carbons (Fsp3) is 0.600. The van der Waals surface area contributed by atoms with Crippen molar-refractivity contribution in [2.45, 2.75) is 59.3 Å². The number of carbonyl (C=O) groups excluding carboxylic acids is 2. The largest absolute Gasteiger partial charge is 0.326 e. The van der Waals surface area contributed by atoms with Gasteiger partial charge in [0, 0.05) is 29.3 Å². The van der Waals surface area contributed by atoms with E-state index in [2.05, 4.69) is 5.32 Å². The fourth-order valence-electron chi connectivity index (χ4n) is 3.70. The minimum Gasteiger partial charge on any atom is -0.326 e. The zero-order valence-corrected chi connectivity index (χ0v) is 15.0. The van der Waals surface area contributed by atoms with Crippen molar-refractivity contribution in [2.75, 3.05) is 16.8 Å². The molecule has 1 aromatic carbocycles. The smallest absolute Gasteiger partial charge is 0.232 e. The molecule has 24 heavy (non-hydrogen) atoms. The number of hydrogen-bond acceptors (Lipinski definition) is 2. The predicted molar refractivity (Wildman–Crippen MR) is 97.2 cm³/mol. The Labute approximate surface area is 144 Å². The SMILES string of the molecule is CC(C)(C)C(=O)N1CCc2cc(NC(=O)C3CCCCC3)ccc21. The molecule has 0 aromatic heterocycles. The molecule has 1 saturated carbocycles. The third-order valence-electron chi connectivity index (χ3n) is 5.11. The maximum Gasteiger partial charge on any atom is 0.232 e. The highest BCUT2D eigenvalue weighted by Gasteiger charge is 2.32. The van der Waals surface area contributed by atoms with Crippen molar-refractivity contribution in [3.05, 3.63) is 23.8 Å². The van der Waals surface area contributed by atoms with Crippen LogP contribution in [0.2, 0.25) is 0 Å². The van der Waals surface area contributed by atoms with Crippen molar-refractivity contribution in [1.82, 2.24) is 0 Å². The molecule has 2 amide bonds. The number of fused-ring (bicyclic) bond motifs is 1. The summed E-state index contributed by atoms with van der Waals surface area (Å²) < 4.78 is 0. The van der Waals surface area contributed by atoms with E-state index in [0.29, 0.717) is 0 Å². The molecule has 3 rings (SSSR count). The summed E-state index contributed by atoms with van der Waals surface area (Å²) in [4.78, 5) is 26.8. The van der Waals surface area contributed by atoms with Crippen molar-refractivity contribution in [1.29, 1.82) is 0 Å². The average Bonchev–Trinajstić information content (AvgIpc) is 2.97. The van der Waals surface area contributed by atoms with Crippen LogP contribution < -0.4 is 10.2 Å². The van der Waals surface area contributed by atoms with Crippen molar-refractivity contribution in [3.63, 3.8) is 0 Å². The van der Waals surface area contributed by atoms with Crippen LogP contribution in [0, 0.1) is 11.3 Å². The number of amides is 2. The highest BCUT2D eigenvalue weighted by Crippen LogP contribution is 2.34. The molecule has 1 aromatic rings. The van der Waals surface area contributed by atoms with Crippen LogP contribution in [0.4, 0.5) is 11.4 Å². The normalized spacial score (nSPS) is 18.4. The van der Waals surface area contributed by atoms with Crippen LogP contribution in [0.1, 0.15) is 58.4 Å². The van der Waals surface area contributed by atoms with Crippen LogP contribution in [0.15, 0.2) is 18.2 Å². The van der Waals surface area contributed by atoms with Gasteiger partial charge in [-0.05, 0) is 43.0 Å². The van der Waals surface area contributed by atoms with Crippen LogP contribution in [-0.4, -0.2) is 18.4 Å². The van der Waals surface area contributed by atoms with E-state index in [1.165, 1.54) is 6.42 Å². The summed E-state index contributed by atoms with van der Waals surface area (Å²) in [6.07, 6.45) is 6.43. The molecule has 2 aliphatic rings. The Kier molecular flexibility index (Phi) is 4.66. The summed E-state index contributed by atoms with van der Waals surface area (Å²) in [5.74, 6) is 0.460. The Bertz CT molecular complexity index is 640. The Morgan fingerprint density at radius 3 is 2.50 bits per heavy atom. The molecule has 0 radical (unpaired) electrons. The number of carbonyl (C=O) groups is 2. The Balaban J connectivity index is 1.71. The molecule has 130 valence electrons. The van der Waals surface area contributed by atoms with E-state index < -0.39 is 0 Å². The van der Waals surface area contributed by atoms with Gasteiger partial charge in [-0.25, -0.2) is 0 Å². The Hall–Kier alpha value is -1.84. The van der Waals surface area contributed by atoms with Crippen molar-refractivity contribution >= 4 is 23.2 Å². The summed E-state index contributed by atoms with van der Waals surface area (Å²) in [7, 11) is 0. The van der Waals surface area contributed by atoms with Crippen LogP contribution >= 0.6 is 0 Å². The van der Waals surface area contributed by atoms with E-state index in [4.69, 9.17) is 0 Å². The second kappa shape index (κ2) is 6.58. The van der Waals surface area contributed by atoms with Gasteiger partial charge in [-0.3, -0.25) is 9.59 Å². The molecule has 4 heteroatoms. The predicted octanol–water partition coefficient (Wildman–Crippen LogP) is 4.14. The first-order chi connectivity index (χ1) is 11.4. The molecule has 4 nitrogen and oxygen atoms in total. The van der Waals surface area contributed by atoms with Crippen LogP contribution in [0.3, 0.4) is 0 Å². The van der Waals surface area contributed by atoms with Gasteiger partial charge in [0.2, 0.25) is 11.8 Å². The average molecular weight is 328 g/mol. The van der Waals surface area contributed by atoms with Crippen LogP contribution in [0.5, 0.6) is 0 Å². The van der Waals surface area contributed by atoms with E-state index >= 15 is 0 Å². The number of hydrogen-bond donors (Lipinski definition) is 1. The second-order valence-corrected chi connectivity index (χ2v) is 8.12. The van der Waals surface area contributed by atoms with E-state index in [-0.39, 0.29) is 23.1 Å². The highest BCUT2D eigenvalue weighted by molar-refractivity contribution is 5.99. The highest BCUT2D eigenvalue weighted by atomic mass is 16.2. The molecule has 0 saturated heterocycles. The fourth-order valence-corrected chi connectivity index (χ4v) is 3.70. The zero-order chi connectivity index (χ0) is 17.3. The van der Waals surface area contributed by atoms with Gasteiger partial charge in [0.15, 0.2) is 0 Å². The van der Waals surface area contributed by atoms with E-state index in [1.54, 1.807) is 0 Å². The maximum absolute atomic E-state index is 12.6. The summed E-state index contributed by atoms with van der Waals surface area (Å²) in [6, 6.07) is 5.93. The lowest BCUT2D eigenvalue weighted by molar-refractivity contribution is -0.125. The van der Waals surface area contributed by atoms with Crippen molar-refractivity contribution < 1.29 is 9.59 Å². The van der Waals surface area contributed by atoms with Crippen LogP contribution in [-0.2, 0) is 16.0 Å². The van der Waals surface area contributed by atoms with Crippen LogP contribution in [0.25, 0.3) is 0 Å². The van der Waals surface area contributed by atoms with Crippen molar-refractivity contribution in [3.8, 4) is 0 Å². The van der Waals surface area contributed by atoms with Gasteiger partial charge in [-0.15, -0.1) is 0 Å². The summed E-state index contributed by atoms with van der Waals surface area (Å²) in [5.41, 5.74) is 2.61. The molecule has 1 aliphatic carbocycles. The third-order valence-corrected chi connectivity index (χ3v) is 5.11. The lowest BCUT2D eigenvalue weighted by Gasteiger charge is -2.26. The number of nitrogens with zero attached hydrogens (tertiary/aromatic N) is 1. The van der Waals surface area contributed by atoms with Gasteiger partial charge in [-0.1, -0.05) is 40.0 Å². The Morgan fingerprint density at radius 2 is 1.83 bits per heavy atom. The lowest BCUT2D eigenvalue weighted by Crippen LogP contribution is -2.38. The van der Waals surface area contributed by atoms with E-state index in [9.17, 15) is 9.59 Å². The molecule has 0 unspecified atom stereocenters. The minimum absolute atomic E-state index is 0.148. The maximum atomic E-state index is 12.6. The Morgan fingerprint density at radius 1 is 1.12 bits per heavy atom. The first kappa shape index (κ1) is 17.0. The van der Waals surface area contributed by atoms with Gasteiger partial charge >= 0.3 is 0 Å². The van der Waals surface area contributed by atoms with Gasteiger partial charge < -0.3 is 10.2 Å². The first-order valence-corrected chi connectivity index (χ1v) is 9.12. The van der Waals surface area contributed by atoms with E-state index in [0.717, 1.165) is 55.6 Å². The number of benzene rings is 1. The molecule has 1 fully saturated rings. The molecule has 0 atom stereocenters. The number of rotatable bonds is 2.